The van der Waals surface area contributed by atoms with Crippen LogP contribution in [0, 0.1) is 5.92 Å². The van der Waals surface area contributed by atoms with E-state index >= 15 is 0 Å². The normalized spacial score (nSPS) is 29.7. The summed E-state index contributed by atoms with van der Waals surface area (Å²) in [6, 6.07) is 0.752. The van der Waals surface area contributed by atoms with Crippen LogP contribution in [0.25, 0.3) is 0 Å². The van der Waals surface area contributed by atoms with E-state index in [1.54, 1.807) is 0 Å². The Morgan fingerprint density at radius 2 is 2.08 bits per heavy atom. The highest BCUT2D eigenvalue weighted by Gasteiger charge is 2.14. The summed E-state index contributed by atoms with van der Waals surface area (Å²) in [5.74, 6) is 0.941. The van der Waals surface area contributed by atoms with Gasteiger partial charge < -0.3 is 5.32 Å². The molecule has 0 saturated heterocycles. The third-order valence-corrected chi connectivity index (χ3v) is 2.95. The van der Waals surface area contributed by atoms with Gasteiger partial charge in [-0.05, 0) is 32.1 Å². The molecule has 1 fully saturated rings. The van der Waals surface area contributed by atoms with Gasteiger partial charge in [0.15, 0.2) is 0 Å². The van der Waals surface area contributed by atoms with Crippen molar-refractivity contribution < 1.29 is 0 Å². The summed E-state index contributed by atoms with van der Waals surface area (Å²) in [7, 11) is 0. The van der Waals surface area contributed by atoms with Crippen molar-refractivity contribution in [1.82, 2.24) is 5.32 Å². The third kappa shape index (κ3) is 4.47. The van der Waals surface area contributed by atoms with Gasteiger partial charge in [-0.25, -0.2) is 0 Å². The summed E-state index contributed by atoms with van der Waals surface area (Å²) in [5, 5.41) is 3.58. The summed E-state index contributed by atoms with van der Waals surface area (Å²) in [6.45, 7) is 9.38. The second kappa shape index (κ2) is 5.43. The SMILES string of the molecule is C=C(C)CNC1CCCC(C)CC1. The topological polar surface area (TPSA) is 12.0 Å². The minimum absolute atomic E-state index is 0.752. The van der Waals surface area contributed by atoms with Crippen LogP contribution in [-0.2, 0) is 0 Å². The van der Waals surface area contributed by atoms with Crippen LogP contribution < -0.4 is 5.32 Å². The highest BCUT2D eigenvalue weighted by Crippen LogP contribution is 2.22. The Morgan fingerprint density at radius 1 is 1.31 bits per heavy atom. The van der Waals surface area contributed by atoms with Crippen LogP contribution in [0.5, 0.6) is 0 Å². The average molecular weight is 181 g/mol. The molecule has 0 spiro atoms. The average Bonchev–Trinajstić information content (AvgIpc) is 2.27. The van der Waals surface area contributed by atoms with Gasteiger partial charge in [-0.15, -0.1) is 0 Å². The van der Waals surface area contributed by atoms with E-state index in [4.69, 9.17) is 0 Å². The molecule has 1 saturated carbocycles. The fraction of sp³-hybridized carbons (Fsp3) is 0.833. The maximum absolute atomic E-state index is 3.92. The zero-order valence-electron chi connectivity index (χ0n) is 9.10. The second-order valence-electron chi connectivity index (χ2n) is 4.65. The van der Waals surface area contributed by atoms with Gasteiger partial charge in [0, 0.05) is 12.6 Å². The van der Waals surface area contributed by atoms with Gasteiger partial charge in [0.1, 0.15) is 0 Å². The van der Waals surface area contributed by atoms with E-state index in [0.29, 0.717) is 0 Å². The Balaban J connectivity index is 2.22. The molecular weight excluding hydrogens is 158 g/mol. The fourth-order valence-electron chi connectivity index (χ4n) is 2.01. The molecule has 0 bridgehead atoms. The lowest BCUT2D eigenvalue weighted by molar-refractivity contribution is 0.461. The lowest BCUT2D eigenvalue weighted by Crippen LogP contribution is -2.29. The maximum Gasteiger partial charge on any atom is 0.0161 e. The van der Waals surface area contributed by atoms with Gasteiger partial charge in [-0.3, -0.25) is 0 Å². The minimum atomic E-state index is 0.752. The van der Waals surface area contributed by atoms with Crippen molar-refractivity contribution in [2.75, 3.05) is 6.54 Å². The lowest BCUT2D eigenvalue weighted by atomic mass is 10.0. The quantitative estimate of drug-likeness (QED) is 0.521. The van der Waals surface area contributed by atoms with Crippen molar-refractivity contribution in [2.45, 2.75) is 52.0 Å². The second-order valence-corrected chi connectivity index (χ2v) is 4.65. The highest BCUT2D eigenvalue weighted by atomic mass is 14.9. The Hall–Kier alpha value is -0.300. The van der Waals surface area contributed by atoms with Gasteiger partial charge in [0.05, 0.1) is 0 Å². The van der Waals surface area contributed by atoms with Crippen LogP contribution in [0.15, 0.2) is 12.2 Å². The highest BCUT2D eigenvalue weighted by molar-refractivity contribution is 4.92. The molecule has 2 unspecified atom stereocenters. The molecule has 1 aliphatic carbocycles. The van der Waals surface area contributed by atoms with Gasteiger partial charge in [0.2, 0.25) is 0 Å². The largest absolute Gasteiger partial charge is 0.310 e. The zero-order chi connectivity index (χ0) is 9.68. The van der Waals surface area contributed by atoms with E-state index in [0.717, 1.165) is 18.5 Å². The van der Waals surface area contributed by atoms with Crippen LogP contribution in [0.3, 0.4) is 0 Å². The predicted molar refractivity (Wildman–Crippen MR) is 58.9 cm³/mol. The number of hydrogen-bond acceptors (Lipinski definition) is 1. The summed E-state index contributed by atoms with van der Waals surface area (Å²) in [5.41, 5.74) is 1.25. The molecule has 76 valence electrons. The van der Waals surface area contributed by atoms with Crippen molar-refractivity contribution in [3.05, 3.63) is 12.2 Å². The monoisotopic (exact) mass is 181 g/mol. The third-order valence-electron chi connectivity index (χ3n) is 2.95. The molecule has 1 N–H and O–H groups in total. The Labute approximate surface area is 82.6 Å². The summed E-state index contributed by atoms with van der Waals surface area (Å²) in [4.78, 5) is 0. The van der Waals surface area contributed by atoms with E-state index in [1.165, 1.54) is 37.7 Å². The van der Waals surface area contributed by atoms with Crippen LogP contribution >= 0.6 is 0 Å². The number of nitrogens with one attached hydrogen (secondary N) is 1. The van der Waals surface area contributed by atoms with Gasteiger partial charge in [-0.2, -0.15) is 0 Å². The van der Waals surface area contributed by atoms with E-state index in [-0.39, 0.29) is 0 Å². The van der Waals surface area contributed by atoms with E-state index in [1.807, 2.05) is 0 Å². The van der Waals surface area contributed by atoms with Crippen molar-refractivity contribution in [3.8, 4) is 0 Å². The molecule has 0 aromatic heterocycles. The molecule has 13 heavy (non-hydrogen) atoms. The van der Waals surface area contributed by atoms with Gasteiger partial charge in [-0.1, -0.05) is 31.9 Å². The van der Waals surface area contributed by atoms with E-state index in [2.05, 4.69) is 25.7 Å². The molecule has 2 atom stereocenters. The van der Waals surface area contributed by atoms with Crippen molar-refractivity contribution in [3.63, 3.8) is 0 Å². The molecule has 0 heterocycles. The Bertz CT molecular complexity index is 163. The first-order valence-electron chi connectivity index (χ1n) is 5.56. The van der Waals surface area contributed by atoms with Crippen LogP contribution in [0.1, 0.15) is 46.0 Å². The molecule has 0 radical (unpaired) electrons. The predicted octanol–water partition coefficient (Wildman–Crippen LogP) is 3.12. The van der Waals surface area contributed by atoms with Crippen LogP contribution in [-0.4, -0.2) is 12.6 Å². The molecule has 1 rings (SSSR count). The summed E-state index contributed by atoms with van der Waals surface area (Å²) >= 11 is 0. The van der Waals surface area contributed by atoms with Crippen LogP contribution in [0.4, 0.5) is 0 Å². The zero-order valence-corrected chi connectivity index (χ0v) is 9.10. The summed E-state index contributed by atoms with van der Waals surface area (Å²) in [6.07, 6.45) is 6.93. The smallest absolute Gasteiger partial charge is 0.0161 e. The van der Waals surface area contributed by atoms with Gasteiger partial charge in [0.25, 0.3) is 0 Å². The molecular formula is C12H23N. The van der Waals surface area contributed by atoms with E-state index in [9.17, 15) is 0 Å². The molecule has 0 aliphatic heterocycles. The first-order valence-corrected chi connectivity index (χ1v) is 5.56. The standard InChI is InChI=1S/C12H23N/c1-10(2)9-13-12-6-4-5-11(3)7-8-12/h11-13H,1,4-9H2,2-3H3. The van der Waals surface area contributed by atoms with Crippen molar-refractivity contribution in [1.29, 1.82) is 0 Å². The minimum Gasteiger partial charge on any atom is -0.310 e. The lowest BCUT2D eigenvalue weighted by Gasteiger charge is -2.16. The molecule has 1 heteroatoms. The molecule has 1 aliphatic rings. The first kappa shape index (κ1) is 10.8. The van der Waals surface area contributed by atoms with Crippen molar-refractivity contribution >= 4 is 0 Å². The maximum atomic E-state index is 3.92. The number of rotatable bonds is 3. The Morgan fingerprint density at radius 3 is 2.77 bits per heavy atom. The Kier molecular flexibility index (Phi) is 4.51. The van der Waals surface area contributed by atoms with E-state index < -0.39 is 0 Å². The molecule has 1 nitrogen and oxygen atoms in total. The first-order chi connectivity index (χ1) is 6.18. The summed E-state index contributed by atoms with van der Waals surface area (Å²) < 4.78 is 0. The fourth-order valence-corrected chi connectivity index (χ4v) is 2.01. The molecule has 0 aromatic carbocycles. The van der Waals surface area contributed by atoms with Crippen molar-refractivity contribution in [2.24, 2.45) is 5.92 Å². The number of hydrogen-bond donors (Lipinski definition) is 1. The van der Waals surface area contributed by atoms with Crippen LogP contribution in [0.2, 0.25) is 0 Å². The molecule has 0 aromatic rings. The molecule has 0 amide bonds. The van der Waals surface area contributed by atoms with Gasteiger partial charge >= 0.3 is 0 Å².